The molecule has 0 spiro atoms. The van der Waals surface area contributed by atoms with Crippen molar-refractivity contribution in [3.63, 3.8) is 0 Å². The van der Waals surface area contributed by atoms with Gasteiger partial charge in [0.2, 0.25) is 5.78 Å². The second kappa shape index (κ2) is 7.74. The maximum absolute atomic E-state index is 13.5. The number of furan rings is 1. The van der Waals surface area contributed by atoms with Crippen molar-refractivity contribution in [2.45, 2.75) is 37.8 Å². The molecule has 1 atom stereocenters. The van der Waals surface area contributed by atoms with Crippen LogP contribution in [0.5, 0.6) is 0 Å². The van der Waals surface area contributed by atoms with Crippen molar-refractivity contribution in [1.82, 2.24) is 4.90 Å². The molecule has 0 bridgehead atoms. The molecule has 1 saturated carbocycles. The molecule has 2 heterocycles. The van der Waals surface area contributed by atoms with E-state index in [0.717, 1.165) is 31.2 Å². The summed E-state index contributed by atoms with van der Waals surface area (Å²) >= 11 is 12.1. The molecule has 2 aromatic carbocycles. The first kappa shape index (κ1) is 20.2. The SMILES string of the molecule is O=C(C1=C(O)C(=O)N(C2CCCC2)C1c1ccc(Cl)cc1)c1cc2cc(Cl)ccc2o1. The lowest BCUT2D eigenvalue weighted by molar-refractivity contribution is -0.131. The molecule has 1 amide bonds. The number of aliphatic hydroxyl groups is 1. The number of benzene rings is 2. The molecule has 1 aromatic heterocycles. The van der Waals surface area contributed by atoms with Crippen LogP contribution in [0.25, 0.3) is 11.0 Å². The fourth-order valence-corrected chi connectivity index (χ4v) is 4.95. The lowest BCUT2D eigenvalue weighted by atomic mass is 9.94. The molecule has 31 heavy (non-hydrogen) atoms. The molecule has 1 N–H and O–H groups in total. The molecule has 1 aliphatic carbocycles. The van der Waals surface area contributed by atoms with E-state index in [0.29, 0.717) is 21.0 Å². The highest BCUT2D eigenvalue weighted by molar-refractivity contribution is 6.31. The smallest absolute Gasteiger partial charge is 0.290 e. The van der Waals surface area contributed by atoms with Gasteiger partial charge in [-0.15, -0.1) is 0 Å². The van der Waals surface area contributed by atoms with Crippen LogP contribution in [0.4, 0.5) is 0 Å². The van der Waals surface area contributed by atoms with Crippen molar-refractivity contribution >= 4 is 45.9 Å². The highest BCUT2D eigenvalue weighted by Crippen LogP contribution is 2.43. The number of carbonyl (C=O) groups excluding carboxylic acids is 2. The average Bonchev–Trinajstić information content (AvgIpc) is 3.47. The van der Waals surface area contributed by atoms with Gasteiger partial charge in [-0.1, -0.05) is 48.2 Å². The third-order valence-corrected chi connectivity index (χ3v) is 6.58. The quantitative estimate of drug-likeness (QED) is 0.471. The van der Waals surface area contributed by atoms with Crippen molar-refractivity contribution < 1.29 is 19.1 Å². The Morgan fingerprint density at radius 3 is 2.39 bits per heavy atom. The normalized spacial score (nSPS) is 19.7. The van der Waals surface area contributed by atoms with Gasteiger partial charge < -0.3 is 14.4 Å². The minimum atomic E-state index is -0.697. The first-order valence-corrected chi connectivity index (χ1v) is 10.9. The number of hydrogen-bond donors (Lipinski definition) is 1. The fraction of sp³-hybridized carbons (Fsp3) is 0.250. The number of hydrogen-bond acceptors (Lipinski definition) is 4. The van der Waals surface area contributed by atoms with Gasteiger partial charge in [0.15, 0.2) is 11.5 Å². The number of nitrogens with zero attached hydrogens (tertiary/aromatic N) is 1. The first-order valence-electron chi connectivity index (χ1n) is 10.2. The Balaban J connectivity index is 1.61. The van der Waals surface area contributed by atoms with Crippen molar-refractivity contribution in [3.8, 4) is 0 Å². The van der Waals surface area contributed by atoms with Crippen LogP contribution in [0.1, 0.15) is 47.8 Å². The minimum absolute atomic E-state index is 0.0318. The number of amides is 1. The topological polar surface area (TPSA) is 70.8 Å². The summed E-state index contributed by atoms with van der Waals surface area (Å²) in [4.78, 5) is 28.3. The van der Waals surface area contributed by atoms with Crippen LogP contribution in [0, 0.1) is 0 Å². The zero-order chi connectivity index (χ0) is 21.7. The van der Waals surface area contributed by atoms with Crippen LogP contribution >= 0.6 is 23.2 Å². The van der Waals surface area contributed by atoms with E-state index in [9.17, 15) is 14.7 Å². The number of Topliss-reactive ketones (excluding diaryl/α,β-unsaturated/α-hetero) is 1. The molecule has 5 rings (SSSR count). The molecular formula is C24H19Cl2NO4. The third-order valence-electron chi connectivity index (χ3n) is 6.09. The largest absolute Gasteiger partial charge is 0.503 e. The molecule has 1 aliphatic heterocycles. The standard InChI is InChI=1S/C24H19Cl2NO4/c25-15-7-5-13(6-8-15)21-20(23(29)24(30)27(21)17-3-1-2-4-17)22(28)19-12-14-11-16(26)9-10-18(14)31-19/h5-12,17,21,29H,1-4H2. The van der Waals surface area contributed by atoms with E-state index >= 15 is 0 Å². The lowest BCUT2D eigenvalue weighted by Crippen LogP contribution is -2.38. The van der Waals surface area contributed by atoms with E-state index in [1.807, 2.05) is 0 Å². The Morgan fingerprint density at radius 2 is 1.68 bits per heavy atom. The molecule has 0 saturated heterocycles. The van der Waals surface area contributed by atoms with Crippen molar-refractivity contribution in [2.24, 2.45) is 0 Å². The Labute approximate surface area is 188 Å². The summed E-state index contributed by atoms with van der Waals surface area (Å²) in [5.41, 5.74) is 1.26. The van der Waals surface area contributed by atoms with Crippen LogP contribution in [0.2, 0.25) is 10.0 Å². The maximum atomic E-state index is 13.5. The van der Waals surface area contributed by atoms with Crippen LogP contribution < -0.4 is 0 Å². The number of ketones is 1. The molecule has 1 unspecified atom stereocenters. The fourth-order valence-electron chi connectivity index (χ4n) is 4.65. The van der Waals surface area contributed by atoms with E-state index < -0.39 is 23.5 Å². The molecule has 3 aromatic rings. The minimum Gasteiger partial charge on any atom is -0.503 e. The van der Waals surface area contributed by atoms with Gasteiger partial charge in [0, 0.05) is 21.5 Å². The van der Waals surface area contributed by atoms with Gasteiger partial charge in [0.1, 0.15) is 5.58 Å². The van der Waals surface area contributed by atoms with Gasteiger partial charge in [-0.3, -0.25) is 9.59 Å². The molecular weight excluding hydrogens is 437 g/mol. The van der Waals surface area contributed by atoms with Crippen molar-refractivity contribution in [2.75, 3.05) is 0 Å². The van der Waals surface area contributed by atoms with E-state index in [4.69, 9.17) is 27.6 Å². The monoisotopic (exact) mass is 455 g/mol. The molecule has 0 radical (unpaired) electrons. The molecule has 158 valence electrons. The average molecular weight is 456 g/mol. The van der Waals surface area contributed by atoms with Gasteiger partial charge in [-0.25, -0.2) is 0 Å². The zero-order valence-electron chi connectivity index (χ0n) is 16.5. The van der Waals surface area contributed by atoms with E-state index in [1.165, 1.54) is 0 Å². The molecule has 2 aliphatic rings. The molecule has 7 heteroatoms. The van der Waals surface area contributed by atoms with Crippen molar-refractivity contribution in [3.05, 3.63) is 81.2 Å². The highest BCUT2D eigenvalue weighted by atomic mass is 35.5. The summed E-state index contributed by atoms with van der Waals surface area (Å²) in [5.74, 6) is -1.50. The van der Waals surface area contributed by atoms with Crippen LogP contribution in [0.3, 0.4) is 0 Å². The number of halogens is 2. The van der Waals surface area contributed by atoms with E-state index in [1.54, 1.807) is 53.4 Å². The summed E-state index contributed by atoms with van der Waals surface area (Å²) < 4.78 is 5.74. The number of aliphatic hydroxyl groups excluding tert-OH is 1. The van der Waals surface area contributed by atoms with Crippen molar-refractivity contribution in [1.29, 1.82) is 0 Å². The van der Waals surface area contributed by atoms with Gasteiger partial charge in [0.05, 0.1) is 11.6 Å². The van der Waals surface area contributed by atoms with Gasteiger partial charge >= 0.3 is 0 Å². The Morgan fingerprint density at radius 1 is 1.00 bits per heavy atom. The highest BCUT2D eigenvalue weighted by Gasteiger charge is 2.47. The third kappa shape index (κ3) is 3.42. The zero-order valence-corrected chi connectivity index (χ0v) is 18.0. The lowest BCUT2D eigenvalue weighted by Gasteiger charge is -2.32. The molecule has 1 fully saturated rings. The van der Waals surface area contributed by atoms with Crippen LogP contribution in [0.15, 0.2) is 64.3 Å². The summed E-state index contributed by atoms with van der Waals surface area (Å²) in [7, 11) is 0. The number of rotatable bonds is 4. The summed E-state index contributed by atoms with van der Waals surface area (Å²) in [6, 6.07) is 12.9. The van der Waals surface area contributed by atoms with Crippen LogP contribution in [-0.4, -0.2) is 27.7 Å². The van der Waals surface area contributed by atoms with E-state index in [-0.39, 0.29) is 17.4 Å². The number of fused-ring (bicyclic) bond motifs is 1. The maximum Gasteiger partial charge on any atom is 0.290 e. The van der Waals surface area contributed by atoms with Gasteiger partial charge in [-0.05, 0) is 54.8 Å². The Hall–Kier alpha value is -2.76. The second-order valence-corrected chi connectivity index (χ2v) is 8.86. The Kier molecular flexibility index (Phi) is 5.03. The first-order chi connectivity index (χ1) is 14.9. The summed E-state index contributed by atoms with van der Waals surface area (Å²) in [5, 5.41) is 12.6. The predicted molar refractivity (Wildman–Crippen MR) is 119 cm³/mol. The van der Waals surface area contributed by atoms with Gasteiger partial charge in [-0.2, -0.15) is 0 Å². The van der Waals surface area contributed by atoms with Gasteiger partial charge in [0.25, 0.3) is 5.91 Å². The summed E-state index contributed by atoms with van der Waals surface area (Å²) in [6.45, 7) is 0. The second-order valence-electron chi connectivity index (χ2n) is 7.99. The Bertz CT molecular complexity index is 1220. The van der Waals surface area contributed by atoms with E-state index in [2.05, 4.69) is 0 Å². The predicted octanol–water partition coefficient (Wildman–Crippen LogP) is 6.26. The number of carbonyl (C=O) groups is 2. The molecule has 5 nitrogen and oxygen atoms in total. The van der Waals surface area contributed by atoms with Crippen LogP contribution in [-0.2, 0) is 4.79 Å². The summed E-state index contributed by atoms with van der Waals surface area (Å²) in [6.07, 6.45) is 3.70.